The van der Waals surface area contributed by atoms with E-state index in [4.69, 9.17) is 28.1 Å². The molecule has 8 bridgehead atoms. The highest BCUT2D eigenvalue weighted by molar-refractivity contribution is 7.62. The van der Waals surface area contributed by atoms with Crippen molar-refractivity contribution in [2.45, 2.75) is 112 Å². The molecule has 0 atom stereocenters. The Labute approximate surface area is 395 Å². The molecule has 0 radical (unpaired) electrons. The first-order chi connectivity index (χ1) is 31.2. The van der Waals surface area contributed by atoms with E-state index in [1.54, 1.807) is 0 Å². The number of hydrogen-bond donors (Lipinski definition) is 2. The fraction of sp³-hybridized carbons (Fsp3) is 0.309. The van der Waals surface area contributed by atoms with Crippen molar-refractivity contribution >= 4 is 72.2 Å². The lowest BCUT2D eigenvalue weighted by molar-refractivity contribution is 0.0533. The van der Waals surface area contributed by atoms with Gasteiger partial charge in [0, 0.05) is 38.8 Å². The lowest BCUT2D eigenvalue weighted by Gasteiger charge is -2.32. The van der Waals surface area contributed by atoms with Gasteiger partial charge in [-0.2, -0.15) is 0 Å². The molecule has 12 heteroatoms. The maximum Gasteiger partial charge on any atom is 0.362 e. The highest BCUT2D eigenvalue weighted by atomic mass is 31.2. The normalized spacial score (nSPS) is 13.7. The Morgan fingerprint density at radius 1 is 0.418 bits per heavy atom. The van der Waals surface area contributed by atoms with Gasteiger partial charge in [0.05, 0.1) is 55.8 Å². The Morgan fingerprint density at radius 2 is 0.761 bits per heavy atom. The van der Waals surface area contributed by atoms with Crippen LogP contribution in [0.15, 0.2) is 103 Å². The zero-order valence-corrected chi connectivity index (χ0v) is 42.7. The predicted molar refractivity (Wildman–Crippen MR) is 278 cm³/mol. The number of nitrogens with one attached hydrogen (secondary N) is 2. The molecule has 2 aliphatic rings. The molecule has 3 aromatic carbocycles. The third-order valence-electron chi connectivity index (χ3n) is 10.4. The number of aromatic amines is 2. The van der Waals surface area contributed by atoms with E-state index >= 15 is 0 Å². The molecule has 67 heavy (non-hydrogen) atoms. The summed E-state index contributed by atoms with van der Waals surface area (Å²) in [6, 6.07) is 33.9. The van der Waals surface area contributed by atoms with Crippen LogP contribution in [-0.2, 0) is 27.2 Å². The maximum atomic E-state index is 14.5. The van der Waals surface area contributed by atoms with Crippen LogP contribution in [0.1, 0.15) is 111 Å². The molecule has 0 aliphatic carbocycles. The van der Waals surface area contributed by atoms with Gasteiger partial charge in [0.2, 0.25) is 0 Å². The van der Waals surface area contributed by atoms with E-state index in [1.165, 1.54) is 0 Å². The molecule has 0 amide bonds. The van der Waals surface area contributed by atoms with E-state index in [1.807, 2.05) is 168 Å². The number of fused-ring (bicyclic) bond motifs is 8. The van der Waals surface area contributed by atoms with Gasteiger partial charge in [-0.1, -0.05) is 54.1 Å². The summed E-state index contributed by atoms with van der Waals surface area (Å²) in [6.07, 6.45) is 8.13. The zero-order chi connectivity index (χ0) is 48.3. The Balaban J connectivity index is 1.36. The summed E-state index contributed by atoms with van der Waals surface area (Å²) >= 11 is 0. The van der Waals surface area contributed by atoms with E-state index < -0.39 is 37.6 Å². The van der Waals surface area contributed by atoms with Gasteiger partial charge in [0.25, 0.3) is 0 Å². The molecule has 0 spiro atoms. The molecule has 8 rings (SSSR count). The second-order valence-electron chi connectivity index (χ2n) is 21.1. The Bertz CT molecular complexity index is 3040. The quantitative estimate of drug-likeness (QED) is 0.137. The lowest BCUT2D eigenvalue weighted by Crippen LogP contribution is -2.28. The van der Waals surface area contributed by atoms with Crippen molar-refractivity contribution in [2.75, 3.05) is 0 Å². The summed E-state index contributed by atoms with van der Waals surface area (Å²) in [5.74, 6) is 0. The van der Waals surface area contributed by atoms with Crippen LogP contribution in [0, 0.1) is 6.92 Å². The van der Waals surface area contributed by atoms with Gasteiger partial charge in [0.1, 0.15) is 0 Å². The van der Waals surface area contributed by atoms with Crippen molar-refractivity contribution in [3.63, 3.8) is 0 Å². The average molecular weight is 937 g/mol. The molecule has 3 aromatic heterocycles. The van der Waals surface area contributed by atoms with Gasteiger partial charge in [0.15, 0.2) is 0 Å². The smallest absolute Gasteiger partial charge is 0.355 e. The van der Waals surface area contributed by atoms with Gasteiger partial charge < -0.3 is 9.97 Å². The number of H-pyrrole nitrogens is 2. The van der Waals surface area contributed by atoms with E-state index in [-0.39, 0.29) is 0 Å². The predicted octanol–water partition coefficient (Wildman–Crippen LogP) is 14.9. The molecule has 10 nitrogen and oxygen atoms in total. The van der Waals surface area contributed by atoms with Gasteiger partial charge in [-0.15, -0.1) is 0 Å². The van der Waals surface area contributed by atoms with Crippen LogP contribution >= 0.6 is 15.2 Å². The Hall–Kier alpha value is -5.44. The van der Waals surface area contributed by atoms with Gasteiger partial charge >= 0.3 is 15.2 Å². The molecular formula is C55H62N4O6P2. The second kappa shape index (κ2) is 17.6. The molecule has 2 N–H and O–H groups in total. The number of aromatic nitrogens is 4. The van der Waals surface area contributed by atoms with E-state index in [0.29, 0.717) is 10.6 Å². The molecule has 6 aromatic rings. The maximum absolute atomic E-state index is 14.5. The van der Waals surface area contributed by atoms with Crippen LogP contribution < -0.4 is 10.6 Å². The average Bonchev–Trinajstić information content (AvgIpc) is 4.04. The van der Waals surface area contributed by atoms with E-state index in [2.05, 4.69) is 59.4 Å². The topological polar surface area (TPSA) is 128 Å². The summed E-state index contributed by atoms with van der Waals surface area (Å²) in [7, 11) is -7.47. The summed E-state index contributed by atoms with van der Waals surface area (Å²) in [6.45, 7) is 24.6. The number of hydrogen-bond acceptors (Lipinski definition) is 8. The molecule has 2 aliphatic heterocycles. The molecular weight excluding hydrogens is 875 g/mol. The monoisotopic (exact) mass is 936 g/mol. The lowest BCUT2D eigenvalue weighted by atomic mass is 10.0. The third kappa shape index (κ3) is 11.1. The third-order valence-corrected chi connectivity index (χ3v) is 15.5. The van der Waals surface area contributed by atoms with Crippen LogP contribution in [0.5, 0.6) is 0 Å². The van der Waals surface area contributed by atoms with Crippen LogP contribution in [0.2, 0.25) is 0 Å². The van der Waals surface area contributed by atoms with Crippen molar-refractivity contribution < 1.29 is 27.2 Å². The van der Waals surface area contributed by atoms with Gasteiger partial charge in [-0.05, 0) is 186 Å². The van der Waals surface area contributed by atoms with Crippen molar-refractivity contribution in [3.05, 3.63) is 131 Å². The minimum atomic E-state index is -3.73. The van der Waals surface area contributed by atoms with Gasteiger partial charge in [-0.3, -0.25) is 27.2 Å². The largest absolute Gasteiger partial charge is 0.362 e. The summed E-state index contributed by atoms with van der Waals surface area (Å²) in [4.78, 5) is 18.0. The Kier molecular flexibility index (Phi) is 12.6. The summed E-state index contributed by atoms with van der Waals surface area (Å²) in [5.41, 5.74) is 10.1. The first kappa shape index (κ1) is 48.0. The van der Waals surface area contributed by atoms with Crippen molar-refractivity contribution in [1.29, 1.82) is 0 Å². The van der Waals surface area contributed by atoms with E-state index in [9.17, 15) is 9.13 Å². The minimum absolute atomic E-state index is 0.471. The first-order valence-corrected chi connectivity index (χ1v) is 25.8. The fourth-order valence-electron chi connectivity index (χ4n) is 8.08. The van der Waals surface area contributed by atoms with Crippen LogP contribution in [0.3, 0.4) is 0 Å². The van der Waals surface area contributed by atoms with E-state index in [0.717, 1.165) is 83.8 Å². The first-order valence-electron chi connectivity index (χ1n) is 22.7. The molecule has 0 fully saturated rings. The SMILES string of the molecule is Cc1ccc(-c2c3nc(c(-c4ccc(P(=O)(OC(C)(C)C)OC(C)(C)C)cc4)c4ccc(cc5nc(c(-c6ccc(P(=O)(OC(C)(C)C)OC(C)(C)C)cc6)c6ccc2[nH]6)C=C5)[nH]4)C=C3)cc1. The van der Waals surface area contributed by atoms with Crippen LogP contribution in [0.25, 0.3) is 79.8 Å². The zero-order valence-electron chi connectivity index (χ0n) is 40.9. The highest BCUT2D eigenvalue weighted by Gasteiger charge is 2.38. The van der Waals surface area contributed by atoms with Crippen molar-refractivity contribution in [3.8, 4) is 33.4 Å². The number of benzene rings is 3. The number of nitrogens with zero attached hydrogens (tertiary/aromatic N) is 2. The number of aryl methyl sites for hydroxylation is 1. The highest BCUT2D eigenvalue weighted by Crippen LogP contribution is 2.55. The van der Waals surface area contributed by atoms with Gasteiger partial charge in [-0.25, -0.2) is 9.97 Å². The molecule has 0 saturated carbocycles. The second-order valence-corrected chi connectivity index (χ2v) is 24.9. The number of rotatable bonds is 9. The summed E-state index contributed by atoms with van der Waals surface area (Å²) < 4.78 is 53.8. The minimum Gasteiger partial charge on any atom is -0.355 e. The summed E-state index contributed by atoms with van der Waals surface area (Å²) in [5, 5.41) is 0.942. The molecule has 0 unspecified atom stereocenters. The standard InChI is InChI=1S/C55H62N4O6P2/c1-35-14-16-36(17-15-35)51-47-32-30-45(58-47)49(37-18-24-41(25-19-37)66(60,62-52(2,3)4)63-53(5,6)7)43-28-22-39(56-43)34-40-23-29-44(57-40)50(46-31-33-48(51)59-46)38-20-26-42(27-21-38)67(61,64-54(8,9)10)65-55(11,12)13/h14-34,56,59H,1-13H3. The van der Waals surface area contributed by atoms with Crippen molar-refractivity contribution in [2.24, 2.45) is 0 Å². The molecule has 0 saturated heterocycles. The van der Waals surface area contributed by atoms with Crippen molar-refractivity contribution in [1.82, 2.24) is 19.9 Å². The van der Waals surface area contributed by atoms with Crippen LogP contribution in [0.4, 0.5) is 0 Å². The molecule has 348 valence electrons. The molecule has 5 heterocycles. The van der Waals surface area contributed by atoms with Crippen LogP contribution in [-0.4, -0.2) is 42.3 Å². The Morgan fingerprint density at radius 3 is 1.16 bits per heavy atom. The fourth-order valence-corrected chi connectivity index (χ4v) is 12.5.